The number of nitrogens with zero attached hydrogens (tertiary/aromatic N) is 2. The lowest BCUT2D eigenvalue weighted by atomic mass is 10.2. The third-order valence-electron chi connectivity index (χ3n) is 2.58. The van der Waals surface area contributed by atoms with Crippen molar-refractivity contribution in [2.75, 3.05) is 23.5 Å². The Morgan fingerprint density at radius 1 is 1.50 bits per heavy atom. The van der Waals surface area contributed by atoms with Gasteiger partial charge in [0.25, 0.3) is 5.69 Å². The number of hydrazine groups is 1. The molecular formula is C11H18N4O3. The SMILES string of the molecule is CC(C)N(CCO)c1cc(NN)cc([N+](=O)[O-])c1. The number of hydrogen-bond acceptors (Lipinski definition) is 6. The molecule has 0 amide bonds. The van der Waals surface area contributed by atoms with Crippen LogP contribution in [0.1, 0.15) is 13.8 Å². The van der Waals surface area contributed by atoms with Gasteiger partial charge in [0.15, 0.2) is 0 Å². The van der Waals surface area contributed by atoms with Crippen molar-refractivity contribution >= 4 is 17.1 Å². The Balaban J connectivity index is 3.20. The largest absolute Gasteiger partial charge is 0.395 e. The smallest absolute Gasteiger partial charge is 0.273 e. The molecule has 0 unspecified atom stereocenters. The van der Waals surface area contributed by atoms with E-state index in [9.17, 15) is 10.1 Å². The second-order valence-electron chi connectivity index (χ2n) is 4.15. The van der Waals surface area contributed by atoms with Crippen LogP contribution in [-0.4, -0.2) is 29.2 Å². The summed E-state index contributed by atoms with van der Waals surface area (Å²) < 4.78 is 0. The molecule has 1 rings (SSSR count). The topological polar surface area (TPSA) is 105 Å². The molecule has 0 aliphatic carbocycles. The van der Waals surface area contributed by atoms with E-state index >= 15 is 0 Å². The van der Waals surface area contributed by atoms with Crippen LogP contribution in [0.2, 0.25) is 0 Å². The maximum atomic E-state index is 10.8. The summed E-state index contributed by atoms with van der Waals surface area (Å²) in [6.07, 6.45) is 0. The van der Waals surface area contributed by atoms with E-state index in [0.29, 0.717) is 17.9 Å². The number of anilines is 2. The van der Waals surface area contributed by atoms with Gasteiger partial charge in [0, 0.05) is 30.4 Å². The number of nitrogens with two attached hydrogens (primary N) is 1. The van der Waals surface area contributed by atoms with Crippen LogP contribution in [0.3, 0.4) is 0 Å². The molecule has 0 spiro atoms. The van der Waals surface area contributed by atoms with Gasteiger partial charge in [-0.2, -0.15) is 0 Å². The highest BCUT2D eigenvalue weighted by Crippen LogP contribution is 2.27. The summed E-state index contributed by atoms with van der Waals surface area (Å²) in [5.74, 6) is 5.30. The quantitative estimate of drug-likeness (QED) is 0.398. The zero-order valence-electron chi connectivity index (χ0n) is 10.5. The summed E-state index contributed by atoms with van der Waals surface area (Å²) >= 11 is 0. The lowest BCUT2D eigenvalue weighted by Crippen LogP contribution is -2.33. The molecule has 0 saturated heterocycles. The number of nitro groups is 1. The molecule has 7 nitrogen and oxygen atoms in total. The third-order valence-corrected chi connectivity index (χ3v) is 2.58. The summed E-state index contributed by atoms with van der Waals surface area (Å²) in [6, 6.07) is 4.66. The average Bonchev–Trinajstić information content (AvgIpc) is 2.34. The molecule has 0 aliphatic heterocycles. The zero-order valence-corrected chi connectivity index (χ0v) is 10.5. The maximum absolute atomic E-state index is 10.8. The van der Waals surface area contributed by atoms with Crippen molar-refractivity contribution in [2.45, 2.75) is 19.9 Å². The van der Waals surface area contributed by atoms with Crippen molar-refractivity contribution in [3.8, 4) is 0 Å². The Bertz CT molecular complexity index is 423. The summed E-state index contributed by atoms with van der Waals surface area (Å²) in [5.41, 5.74) is 3.48. The first-order valence-electron chi connectivity index (χ1n) is 5.63. The van der Waals surface area contributed by atoms with Gasteiger partial charge in [-0.15, -0.1) is 0 Å². The second-order valence-corrected chi connectivity index (χ2v) is 4.15. The minimum Gasteiger partial charge on any atom is -0.395 e. The van der Waals surface area contributed by atoms with Crippen LogP contribution in [0, 0.1) is 10.1 Å². The molecular weight excluding hydrogens is 236 g/mol. The van der Waals surface area contributed by atoms with E-state index in [1.807, 2.05) is 18.7 Å². The highest BCUT2D eigenvalue weighted by atomic mass is 16.6. The Morgan fingerprint density at radius 2 is 2.17 bits per heavy atom. The molecule has 0 atom stereocenters. The van der Waals surface area contributed by atoms with E-state index in [2.05, 4.69) is 5.43 Å². The van der Waals surface area contributed by atoms with Gasteiger partial charge in [0.2, 0.25) is 0 Å². The van der Waals surface area contributed by atoms with Gasteiger partial charge in [-0.3, -0.25) is 16.0 Å². The van der Waals surface area contributed by atoms with Gasteiger partial charge in [-0.1, -0.05) is 0 Å². The molecule has 18 heavy (non-hydrogen) atoms. The Labute approximate surface area is 105 Å². The van der Waals surface area contributed by atoms with Crippen LogP contribution in [0.15, 0.2) is 18.2 Å². The highest BCUT2D eigenvalue weighted by Gasteiger charge is 2.15. The van der Waals surface area contributed by atoms with Crippen molar-refractivity contribution in [3.05, 3.63) is 28.3 Å². The molecule has 0 fully saturated rings. The average molecular weight is 254 g/mol. The van der Waals surface area contributed by atoms with Gasteiger partial charge in [0.1, 0.15) is 0 Å². The standard InChI is InChI=1S/C11H18N4O3/c1-8(2)14(3-4-16)10-5-9(13-12)6-11(7-10)15(17)18/h5-8,13,16H,3-4,12H2,1-2H3. The molecule has 0 bridgehead atoms. The van der Waals surface area contributed by atoms with Crippen molar-refractivity contribution in [2.24, 2.45) is 5.84 Å². The Hall–Kier alpha value is -1.86. The number of aliphatic hydroxyl groups is 1. The van der Waals surface area contributed by atoms with Gasteiger partial charge >= 0.3 is 0 Å². The molecule has 100 valence electrons. The fourth-order valence-corrected chi connectivity index (χ4v) is 1.74. The van der Waals surface area contributed by atoms with Crippen molar-refractivity contribution in [1.29, 1.82) is 0 Å². The summed E-state index contributed by atoms with van der Waals surface area (Å²) in [6.45, 7) is 4.28. The molecule has 0 heterocycles. The summed E-state index contributed by atoms with van der Waals surface area (Å²) in [4.78, 5) is 12.2. The van der Waals surface area contributed by atoms with E-state index in [1.54, 1.807) is 6.07 Å². The maximum Gasteiger partial charge on any atom is 0.273 e. The van der Waals surface area contributed by atoms with Crippen LogP contribution in [-0.2, 0) is 0 Å². The van der Waals surface area contributed by atoms with Gasteiger partial charge in [0.05, 0.1) is 17.2 Å². The fourth-order valence-electron chi connectivity index (χ4n) is 1.74. The van der Waals surface area contributed by atoms with Crippen LogP contribution >= 0.6 is 0 Å². The number of benzene rings is 1. The molecule has 0 saturated carbocycles. The number of nitrogens with one attached hydrogen (secondary N) is 1. The first kappa shape index (κ1) is 14.2. The lowest BCUT2D eigenvalue weighted by Gasteiger charge is -2.28. The lowest BCUT2D eigenvalue weighted by molar-refractivity contribution is -0.384. The first-order chi connectivity index (χ1) is 8.49. The summed E-state index contributed by atoms with van der Waals surface area (Å²) in [7, 11) is 0. The fraction of sp³-hybridized carbons (Fsp3) is 0.455. The van der Waals surface area contributed by atoms with Crippen molar-refractivity contribution < 1.29 is 10.0 Å². The summed E-state index contributed by atoms with van der Waals surface area (Å²) in [5, 5.41) is 19.9. The molecule has 7 heteroatoms. The number of rotatable bonds is 6. The van der Waals surface area contributed by atoms with Gasteiger partial charge in [-0.25, -0.2) is 0 Å². The van der Waals surface area contributed by atoms with E-state index in [4.69, 9.17) is 10.9 Å². The van der Waals surface area contributed by atoms with Gasteiger partial charge < -0.3 is 15.4 Å². The normalized spacial score (nSPS) is 10.5. The van der Waals surface area contributed by atoms with Crippen LogP contribution in [0.4, 0.5) is 17.1 Å². The Morgan fingerprint density at radius 3 is 2.61 bits per heavy atom. The van der Waals surface area contributed by atoms with Crippen molar-refractivity contribution in [1.82, 2.24) is 0 Å². The predicted octanol–water partition coefficient (Wildman–Crippen LogP) is 1.09. The van der Waals surface area contributed by atoms with E-state index in [1.165, 1.54) is 12.1 Å². The molecule has 0 aliphatic rings. The number of nitrogen functional groups attached to an aromatic ring is 1. The molecule has 0 aromatic heterocycles. The number of non-ortho nitro benzene ring substituents is 1. The predicted molar refractivity (Wildman–Crippen MR) is 70.5 cm³/mol. The highest BCUT2D eigenvalue weighted by molar-refractivity contribution is 5.64. The minimum absolute atomic E-state index is 0.0216. The zero-order chi connectivity index (χ0) is 13.7. The number of hydrogen-bond donors (Lipinski definition) is 3. The first-order valence-corrected chi connectivity index (χ1v) is 5.63. The van der Waals surface area contributed by atoms with Crippen molar-refractivity contribution in [3.63, 3.8) is 0 Å². The van der Waals surface area contributed by atoms with E-state index in [0.717, 1.165) is 0 Å². The number of aliphatic hydroxyl groups excluding tert-OH is 1. The van der Waals surface area contributed by atoms with Crippen LogP contribution in [0.5, 0.6) is 0 Å². The molecule has 1 aromatic carbocycles. The van der Waals surface area contributed by atoms with E-state index in [-0.39, 0.29) is 18.3 Å². The molecule has 0 radical (unpaired) electrons. The Kier molecular flexibility index (Phi) is 4.87. The third kappa shape index (κ3) is 3.31. The number of nitro benzene ring substituents is 1. The van der Waals surface area contributed by atoms with Gasteiger partial charge in [-0.05, 0) is 19.9 Å². The van der Waals surface area contributed by atoms with E-state index < -0.39 is 4.92 Å². The molecule has 1 aromatic rings. The second kappa shape index (κ2) is 6.18. The minimum atomic E-state index is -0.470. The van der Waals surface area contributed by atoms with Crippen LogP contribution in [0.25, 0.3) is 0 Å². The van der Waals surface area contributed by atoms with Crippen LogP contribution < -0.4 is 16.2 Å². The molecule has 4 N–H and O–H groups in total. The monoisotopic (exact) mass is 254 g/mol.